The fourth-order valence-electron chi connectivity index (χ4n) is 4.38. The van der Waals surface area contributed by atoms with Gasteiger partial charge in [-0.25, -0.2) is 14.8 Å². The van der Waals surface area contributed by atoms with Gasteiger partial charge in [0.15, 0.2) is 10.8 Å². The number of carbonyl (C=O) groups is 1. The van der Waals surface area contributed by atoms with Crippen molar-refractivity contribution < 1.29 is 18.8 Å². The van der Waals surface area contributed by atoms with Crippen LogP contribution in [-0.4, -0.2) is 69.9 Å². The minimum Gasteiger partial charge on any atom is -0.476 e. The van der Waals surface area contributed by atoms with Gasteiger partial charge in [0, 0.05) is 54.6 Å². The van der Waals surface area contributed by atoms with Crippen LogP contribution in [0, 0.1) is 0 Å². The maximum atomic E-state index is 12.4. The molecule has 5 aromatic rings. The molecule has 2 N–H and O–H groups in total. The number of morpholine rings is 1. The molecule has 12 heteroatoms. The zero-order chi connectivity index (χ0) is 27.7. The SMILES string of the molecule is CC(C)(C)c1cc(NC(=O)Nc2ccc(-c3cn4c(n3)sc3nc(OCCN5CCOCC5)ccc34)cc2)no1. The molecule has 2 amide bonds. The minimum absolute atomic E-state index is 0.190. The first kappa shape index (κ1) is 26.2. The highest BCUT2D eigenvalue weighted by Crippen LogP contribution is 2.30. The van der Waals surface area contributed by atoms with E-state index in [9.17, 15) is 4.79 Å². The van der Waals surface area contributed by atoms with E-state index in [1.807, 2.05) is 67.8 Å². The van der Waals surface area contributed by atoms with Gasteiger partial charge in [0.05, 0.1) is 24.4 Å². The lowest BCUT2D eigenvalue weighted by Gasteiger charge is -2.26. The topological polar surface area (TPSA) is 119 Å². The van der Waals surface area contributed by atoms with Crippen molar-refractivity contribution in [2.24, 2.45) is 0 Å². The molecule has 0 radical (unpaired) electrons. The van der Waals surface area contributed by atoms with Crippen molar-refractivity contribution in [3.05, 3.63) is 54.4 Å². The van der Waals surface area contributed by atoms with Crippen molar-refractivity contribution in [1.29, 1.82) is 0 Å². The molecular weight excluding hydrogens is 530 g/mol. The number of nitrogens with one attached hydrogen (secondary N) is 2. The summed E-state index contributed by atoms with van der Waals surface area (Å²) in [5.74, 6) is 1.69. The number of amides is 2. The number of benzene rings is 1. The summed E-state index contributed by atoms with van der Waals surface area (Å²) in [6, 6.07) is 12.8. The second-order valence-electron chi connectivity index (χ2n) is 10.6. The third-order valence-corrected chi connectivity index (χ3v) is 7.59. The van der Waals surface area contributed by atoms with E-state index in [1.165, 1.54) is 11.3 Å². The van der Waals surface area contributed by atoms with Crippen molar-refractivity contribution in [3.8, 4) is 17.1 Å². The Morgan fingerprint density at radius 1 is 1.07 bits per heavy atom. The molecule has 0 unspecified atom stereocenters. The number of nitrogens with zero attached hydrogens (tertiary/aromatic N) is 5. The van der Waals surface area contributed by atoms with E-state index in [0.29, 0.717) is 29.8 Å². The molecule has 0 bridgehead atoms. The smallest absolute Gasteiger partial charge is 0.324 e. The average Bonchev–Trinajstić information content (AvgIpc) is 3.64. The van der Waals surface area contributed by atoms with Crippen LogP contribution in [0.1, 0.15) is 26.5 Å². The number of ether oxygens (including phenoxy) is 2. The monoisotopic (exact) mass is 561 g/mol. The van der Waals surface area contributed by atoms with E-state index in [2.05, 4.69) is 25.7 Å². The summed E-state index contributed by atoms with van der Waals surface area (Å²) in [6.45, 7) is 10.9. The standard InChI is InChI=1S/C28H31N7O4S/c1-28(2,3)22-16-23(33-39-22)31-26(36)29-19-6-4-18(5-7-19)20-17-35-21-8-9-24(32-25(21)40-27(35)30-20)38-15-12-34-10-13-37-14-11-34/h4-9,16-17H,10-15H2,1-3H3,(H2,29,31,33,36). The molecule has 1 aromatic carbocycles. The third-order valence-electron chi connectivity index (χ3n) is 6.63. The molecule has 1 aliphatic heterocycles. The van der Waals surface area contributed by atoms with Gasteiger partial charge in [-0.05, 0) is 18.2 Å². The van der Waals surface area contributed by atoms with Crippen LogP contribution in [0.25, 0.3) is 26.6 Å². The number of pyridine rings is 1. The fraction of sp³-hybridized carbons (Fsp3) is 0.357. The summed E-state index contributed by atoms with van der Waals surface area (Å²) in [4.78, 5) is 26.0. The first-order chi connectivity index (χ1) is 19.3. The van der Waals surface area contributed by atoms with Crippen LogP contribution >= 0.6 is 11.3 Å². The van der Waals surface area contributed by atoms with Crippen molar-refractivity contribution >= 4 is 44.2 Å². The van der Waals surface area contributed by atoms with Crippen LogP contribution in [0.2, 0.25) is 0 Å². The fourth-order valence-corrected chi connectivity index (χ4v) is 5.36. The van der Waals surface area contributed by atoms with Crippen LogP contribution in [0.15, 0.2) is 53.2 Å². The lowest BCUT2D eigenvalue weighted by Crippen LogP contribution is -2.38. The molecule has 11 nitrogen and oxygen atoms in total. The van der Waals surface area contributed by atoms with E-state index in [0.717, 1.165) is 59.4 Å². The molecule has 5 heterocycles. The summed E-state index contributed by atoms with van der Waals surface area (Å²) < 4.78 is 18.7. The second kappa shape index (κ2) is 10.9. The molecule has 0 aliphatic carbocycles. The number of carbonyl (C=O) groups excluding carboxylic acids is 1. The lowest BCUT2D eigenvalue weighted by molar-refractivity contribution is 0.0320. The largest absolute Gasteiger partial charge is 0.476 e. The second-order valence-corrected chi connectivity index (χ2v) is 11.6. The van der Waals surface area contributed by atoms with Crippen LogP contribution in [0.5, 0.6) is 5.88 Å². The van der Waals surface area contributed by atoms with Gasteiger partial charge < -0.3 is 19.3 Å². The van der Waals surface area contributed by atoms with E-state index >= 15 is 0 Å². The van der Waals surface area contributed by atoms with E-state index in [4.69, 9.17) is 19.0 Å². The van der Waals surface area contributed by atoms with Gasteiger partial charge in [-0.1, -0.05) is 49.4 Å². The highest BCUT2D eigenvalue weighted by Gasteiger charge is 2.20. The summed E-state index contributed by atoms with van der Waals surface area (Å²) >= 11 is 1.52. The first-order valence-electron chi connectivity index (χ1n) is 13.2. The van der Waals surface area contributed by atoms with Crippen LogP contribution < -0.4 is 15.4 Å². The van der Waals surface area contributed by atoms with E-state index < -0.39 is 6.03 Å². The Kier molecular flexibility index (Phi) is 7.13. The molecule has 0 saturated carbocycles. The Hall–Kier alpha value is -4.00. The molecule has 4 aromatic heterocycles. The first-order valence-corrected chi connectivity index (χ1v) is 14.0. The number of rotatable bonds is 7. The highest BCUT2D eigenvalue weighted by atomic mass is 32.1. The van der Waals surface area contributed by atoms with Gasteiger partial charge in [-0.15, -0.1) is 0 Å². The van der Waals surface area contributed by atoms with Gasteiger partial charge in [0.1, 0.15) is 17.2 Å². The molecule has 6 rings (SSSR count). The summed E-state index contributed by atoms with van der Waals surface area (Å²) in [5, 5.41) is 9.43. The normalized spacial score (nSPS) is 14.6. The number of hydrogen-bond donors (Lipinski definition) is 2. The van der Waals surface area contributed by atoms with Crippen molar-refractivity contribution in [3.63, 3.8) is 0 Å². The highest BCUT2D eigenvalue weighted by molar-refractivity contribution is 7.23. The molecular formula is C28H31N7O4S. The Balaban J connectivity index is 1.08. The van der Waals surface area contributed by atoms with E-state index in [-0.39, 0.29) is 5.41 Å². The maximum Gasteiger partial charge on any atom is 0.324 e. The van der Waals surface area contributed by atoms with Crippen molar-refractivity contribution in [2.75, 3.05) is 50.1 Å². The zero-order valence-corrected chi connectivity index (χ0v) is 23.5. The number of urea groups is 1. The zero-order valence-electron chi connectivity index (χ0n) is 22.6. The Morgan fingerprint density at radius 3 is 2.62 bits per heavy atom. The number of aromatic nitrogens is 4. The molecule has 1 saturated heterocycles. The van der Waals surface area contributed by atoms with Gasteiger partial charge >= 0.3 is 6.03 Å². The molecule has 1 aliphatic rings. The minimum atomic E-state index is -0.396. The van der Waals surface area contributed by atoms with E-state index in [1.54, 1.807) is 6.07 Å². The summed E-state index contributed by atoms with van der Waals surface area (Å²) in [7, 11) is 0. The molecule has 0 atom stereocenters. The van der Waals surface area contributed by atoms with Gasteiger partial charge in [0.2, 0.25) is 5.88 Å². The number of fused-ring (bicyclic) bond motifs is 3. The number of anilines is 2. The predicted molar refractivity (Wildman–Crippen MR) is 154 cm³/mol. The summed E-state index contributed by atoms with van der Waals surface area (Å²) in [5.41, 5.74) is 3.23. The molecule has 1 fully saturated rings. The number of thiazole rings is 1. The average molecular weight is 562 g/mol. The van der Waals surface area contributed by atoms with Crippen molar-refractivity contribution in [1.82, 2.24) is 24.4 Å². The predicted octanol–water partition coefficient (Wildman–Crippen LogP) is 5.25. The number of hydrogen-bond acceptors (Lipinski definition) is 9. The van der Waals surface area contributed by atoms with Crippen LogP contribution in [0.3, 0.4) is 0 Å². The van der Waals surface area contributed by atoms with Gasteiger partial charge in [0.25, 0.3) is 0 Å². The molecule has 40 heavy (non-hydrogen) atoms. The Morgan fingerprint density at radius 2 is 1.88 bits per heavy atom. The summed E-state index contributed by atoms with van der Waals surface area (Å²) in [6.07, 6.45) is 2.00. The Bertz CT molecular complexity index is 1630. The van der Waals surface area contributed by atoms with Crippen LogP contribution in [-0.2, 0) is 10.2 Å². The lowest BCUT2D eigenvalue weighted by atomic mass is 9.93. The molecule has 208 valence electrons. The molecule has 0 spiro atoms. The number of imidazole rings is 1. The quantitative estimate of drug-likeness (QED) is 0.277. The van der Waals surface area contributed by atoms with Crippen LogP contribution in [0.4, 0.5) is 16.3 Å². The maximum absolute atomic E-state index is 12.4. The third kappa shape index (κ3) is 5.79. The van der Waals surface area contributed by atoms with Crippen molar-refractivity contribution in [2.45, 2.75) is 26.2 Å². The van der Waals surface area contributed by atoms with Gasteiger partial charge in [-0.2, -0.15) is 0 Å². The Labute approximate surface area is 235 Å². The van der Waals surface area contributed by atoms with Gasteiger partial charge in [-0.3, -0.25) is 14.6 Å².